The van der Waals surface area contributed by atoms with E-state index in [9.17, 15) is 9.59 Å². The summed E-state index contributed by atoms with van der Waals surface area (Å²) in [5.74, 6) is -0.420. The van der Waals surface area contributed by atoms with Gasteiger partial charge < -0.3 is 10.1 Å². The number of Topliss-reactive ketones (excluding diaryl/α,β-unsaturated/α-hetero) is 1. The molecule has 0 amide bonds. The molecule has 0 saturated heterocycles. The van der Waals surface area contributed by atoms with Crippen LogP contribution in [0.3, 0.4) is 0 Å². The van der Waals surface area contributed by atoms with E-state index in [0.29, 0.717) is 4.88 Å². The monoisotopic (exact) mass is 269 g/mol. The lowest BCUT2D eigenvalue weighted by Gasteiger charge is -2.20. The topological polar surface area (TPSA) is 55.4 Å². The molecule has 0 fully saturated rings. The highest BCUT2D eigenvalue weighted by Gasteiger charge is 2.25. The third-order valence-electron chi connectivity index (χ3n) is 2.78. The van der Waals surface area contributed by atoms with Crippen molar-refractivity contribution in [3.8, 4) is 0 Å². The number of ether oxygens (including phenoxy) is 1. The smallest absolute Gasteiger partial charge is 0.307 e. The number of carbonyl (C=O) groups is 2. The van der Waals surface area contributed by atoms with E-state index in [-0.39, 0.29) is 24.2 Å². The molecule has 1 aromatic rings. The van der Waals surface area contributed by atoms with Crippen LogP contribution in [0.15, 0.2) is 17.5 Å². The Balaban J connectivity index is 2.76. The average Bonchev–Trinajstić information content (AvgIpc) is 2.90. The van der Waals surface area contributed by atoms with E-state index in [2.05, 4.69) is 10.1 Å². The summed E-state index contributed by atoms with van der Waals surface area (Å²) in [7, 11) is 1.33. The van der Waals surface area contributed by atoms with Gasteiger partial charge in [-0.05, 0) is 24.8 Å². The van der Waals surface area contributed by atoms with E-state index in [1.165, 1.54) is 18.4 Å². The molecule has 0 radical (unpaired) electrons. The molecule has 1 aromatic heterocycles. The largest absolute Gasteiger partial charge is 0.469 e. The molecular formula is C13H19NO3S. The number of nitrogens with one attached hydrogen (secondary N) is 1. The van der Waals surface area contributed by atoms with Crippen LogP contribution in [0.1, 0.15) is 36.4 Å². The standard InChI is InChI=1S/C13H19NO3S/c1-4-9(2)14-10(8-12(15)17-3)13(16)11-6-5-7-18-11/h5-7,9-10,14H,4,8H2,1-3H3. The van der Waals surface area contributed by atoms with Crippen LogP contribution in [-0.2, 0) is 9.53 Å². The number of ketones is 1. The SMILES string of the molecule is CCC(C)NC(CC(=O)OC)C(=O)c1cccs1. The maximum Gasteiger partial charge on any atom is 0.307 e. The van der Waals surface area contributed by atoms with E-state index < -0.39 is 6.04 Å². The summed E-state index contributed by atoms with van der Waals surface area (Å²) in [4.78, 5) is 24.3. The van der Waals surface area contributed by atoms with Crippen molar-refractivity contribution in [2.45, 2.75) is 38.8 Å². The van der Waals surface area contributed by atoms with Crippen LogP contribution in [0.4, 0.5) is 0 Å². The fourth-order valence-corrected chi connectivity index (χ4v) is 2.25. The van der Waals surface area contributed by atoms with Crippen LogP contribution in [0.2, 0.25) is 0 Å². The lowest BCUT2D eigenvalue weighted by Crippen LogP contribution is -2.43. The van der Waals surface area contributed by atoms with Gasteiger partial charge in [-0.3, -0.25) is 9.59 Å². The molecule has 100 valence electrons. The van der Waals surface area contributed by atoms with Gasteiger partial charge in [0.2, 0.25) is 0 Å². The predicted octanol–water partition coefficient (Wildman–Crippen LogP) is 2.25. The van der Waals surface area contributed by atoms with Crippen LogP contribution in [-0.4, -0.2) is 30.9 Å². The van der Waals surface area contributed by atoms with Gasteiger partial charge in [0, 0.05) is 6.04 Å². The summed E-state index contributed by atoms with van der Waals surface area (Å²) in [5.41, 5.74) is 0. The van der Waals surface area contributed by atoms with Crippen molar-refractivity contribution in [3.63, 3.8) is 0 Å². The summed E-state index contributed by atoms with van der Waals surface area (Å²) < 4.78 is 4.64. The molecule has 0 aliphatic heterocycles. The van der Waals surface area contributed by atoms with Gasteiger partial charge in [-0.25, -0.2) is 0 Å². The molecule has 0 aromatic carbocycles. The lowest BCUT2D eigenvalue weighted by molar-refractivity contribution is -0.141. The van der Waals surface area contributed by atoms with Crippen LogP contribution < -0.4 is 5.32 Å². The molecule has 1 N–H and O–H groups in total. The van der Waals surface area contributed by atoms with Gasteiger partial charge in [0.15, 0.2) is 5.78 Å². The van der Waals surface area contributed by atoms with Gasteiger partial charge >= 0.3 is 5.97 Å². The first-order chi connectivity index (χ1) is 8.58. The van der Waals surface area contributed by atoms with E-state index in [0.717, 1.165) is 6.42 Å². The van der Waals surface area contributed by atoms with E-state index in [4.69, 9.17) is 0 Å². The second kappa shape index (κ2) is 7.28. The number of thiophene rings is 1. The van der Waals surface area contributed by atoms with E-state index in [1.54, 1.807) is 6.07 Å². The Hall–Kier alpha value is -1.20. The third-order valence-corrected chi connectivity index (χ3v) is 3.66. The summed E-state index contributed by atoms with van der Waals surface area (Å²) in [6, 6.07) is 3.28. The molecule has 1 heterocycles. The number of rotatable bonds is 7. The van der Waals surface area contributed by atoms with Gasteiger partial charge in [0.05, 0.1) is 24.4 Å². The summed E-state index contributed by atoms with van der Waals surface area (Å²) >= 11 is 1.39. The molecule has 0 aliphatic carbocycles. The maximum atomic E-state index is 12.2. The Bertz CT molecular complexity index is 389. The van der Waals surface area contributed by atoms with Crippen molar-refractivity contribution in [3.05, 3.63) is 22.4 Å². The van der Waals surface area contributed by atoms with Crippen LogP contribution in [0, 0.1) is 0 Å². The van der Waals surface area contributed by atoms with Gasteiger partial charge in [-0.2, -0.15) is 0 Å². The first-order valence-corrected chi connectivity index (χ1v) is 6.87. The Labute approximate surface area is 111 Å². The normalized spacial score (nSPS) is 13.9. The number of hydrogen-bond acceptors (Lipinski definition) is 5. The second-order valence-electron chi connectivity index (χ2n) is 4.15. The van der Waals surface area contributed by atoms with E-state index >= 15 is 0 Å². The van der Waals surface area contributed by atoms with Crippen molar-refractivity contribution >= 4 is 23.1 Å². The van der Waals surface area contributed by atoms with Crippen LogP contribution >= 0.6 is 11.3 Å². The first kappa shape index (κ1) is 14.9. The summed E-state index contributed by atoms with van der Waals surface area (Å²) in [5, 5.41) is 5.03. The molecule has 18 heavy (non-hydrogen) atoms. The zero-order valence-electron chi connectivity index (χ0n) is 10.9. The minimum Gasteiger partial charge on any atom is -0.469 e. The number of methoxy groups -OCH3 is 1. The highest BCUT2D eigenvalue weighted by Crippen LogP contribution is 2.14. The molecule has 2 unspecified atom stereocenters. The van der Waals surface area contributed by atoms with Crippen molar-refractivity contribution < 1.29 is 14.3 Å². The third kappa shape index (κ3) is 4.23. The number of carbonyl (C=O) groups excluding carboxylic acids is 2. The molecule has 0 saturated carbocycles. The van der Waals surface area contributed by atoms with Crippen LogP contribution in [0.25, 0.3) is 0 Å². The summed E-state index contributed by atoms with van der Waals surface area (Å²) in [6.45, 7) is 4.02. The molecule has 1 rings (SSSR count). The molecule has 0 aliphatic rings. The van der Waals surface area contributed by atoms with Crippen molar-refractivity contribution in [1.29, 1.82) is 0 Å². The summed E-state index contributed by atoms with van der Waals surface area (Å²) in [6.07, 6.45) is 0.965. The van der Waals surface area contributed by atoms with Gasteiger partial charge in [0.25, 0.3) is 0 Å². The molecule has 5 heteroatoms. The highest BCUT2D eigenvalue weighted by atomic mass is 32.1. The molecule has 0 bridgehead atoms. The quantitative estimate of drug-likeness (QED) is 0.609. The molecule has 4 nitrogen and oxygen atoms in total. The van der Waals surface area contributed by atoms with E-state index in [1.807, 2.05) is 25.3 Å². The molecule has 2 atom stereocenters. The van der Waals surface area contributed by atoms with Crippen molar-refractivity contribution in [2.75, 3.05) is 7.11 Å². The van der Waals surface area contributed by atoms with Gasteiger partial charge in [0.1, 0.15) is 0 Å². The lowest BCUT2D eigenvalue weighted by atomic mass is 10.1. The minimum atomic E-state index is -0.508. The molecular weight excluding hydrogens is 250 g/mol. The van der Waals surface area contributed by atoms with Gasteiger partial charge in [-0.15, -0.1) is 11.3 Å². The predicted molar refractivity (Wildman–Crippen MR) is 72.0 cm³/mol. The highest BCUT2D eigenvalue weighted by molar-refractivity contribution is 7.12. The van der Waals surface area contributed by atoms with Gasteiger partial charge in [-0.1, -0.05) is 13.0 Å². The minimum absolute atomic E-state index is 0.0456. The Morgan fingerprint density at radius 2 is 2.22 bits per heavy atom. The fraction of sp³-hybridized carbons (Fsp3) is 0.538. The zero-order valence-corrected chi connectivity index (χ0v) is 11.8. The number of hydrogen-bond donors (Lipinski definition) is 1. The first-order valence-electron chi connectivity index (χ1n) is 5.99. The number of esters is 1. The Kier molecular flexibility index (Phi) is 6.01. The van der Waals surface area contributed by atoms with Crippen LogP contribution in [0.5, 0.6) is 0 Å². The Morgan fingerprint density at radius 3 is 2.72 bits per heavy atom. The molecule has 0 spiro atoms. The van der Waals surface area contributed by atoms with Crippen molar-refractivity contribution in [2.24, 2.45) is 0 Å². The zero-order chi connectivity index (χ0) is 13.5. The average molecular weight is 269 g/mol. The van der Waals surface area contributed by atoms with Crippen molar-refractivity contribution in [1.82, 2.24) is 5.32 Å². The second-order valence-corrected chi connectivity index (χ2v) is 5.10. The Morgan fingerprint density at radius 1 is 1.50 bits per heavy atom. The maximum absolute atomic E-state index is 12.2. The fourth-order valence-electron chi connectivity index (χ4n) is 1.53.